The van der Waals surface area contributed by atoms with Crippen LogP contribution in [0.4, 0.5) is 13.2 Å². The van der Waals surface area contributed by atoms with E-state index in [2.05, 4.69) is 0 Å². The second kappa shape index (κ2) is 5.35. The molecule has 6 heteroatoms. The average Bonchev–Trinajstić information content (AvgIpc) is 2.38. The van der Waals surface area contributed by atoms with Crippen LogP contribution in [0.25, 0.3) is 0 Å². The zero-order valence-corrected chi connectivity index (χ0v) is 11.1. The summed E-state index contributed by atoms with van der Waals surface area (Å²) in [5, 5.41) is 10.3. The quantitative estimate of drug-likeness (QED) is 0.899. The molecule has 18 heavy (non-hydrogen) atoms. The van der Waals surface area contributed by atoms with Gasteiger partial charge in [-0.05, 0) is 23.5 Å². The molecule has 0 bridgehead atoms. The van der Waals surface area contributed by atoms with Gasteiger partial charge in [0.05, 0.1) is 4.58 Å². The molecule has 100 valence electrons. The highest BCUT2D eigenvalue weighted by molar-refractivity contribution is 8.17. The second-order valence-electron chi connectivity index (χ2n) is 4.06. The number of hydrogen-bond acceptors (Lipinski definition) is 3. The summed E-state index contributed by atoms with van der Waals surface area (Å²) in [6, 6.07) is 7.35. The molecule has 1 heterocycles. The van der Waals surface area contributed by atoms with Crippen LogP contribution in [-0.4, -0.2) is 27.4 Å². The molecule has 1 atom stereocenters. The van der Waals surface area contributed by atoms with Crippen LogP contribution in [0.15, 0.2) is 30.3 Å². The fourth-order valence-corrected chi connectivity index (χ4v) is 5.07. The van der Waals surface area contributed by atoms with Crippen molar-refractivity contribution >= 4 is 23.5 Å². The lowest BCUT2D eigenvalue weighted by Crippen LogP contribution is -2.50. The minimum Gasteiger partial charge on any atom is -0.375 e. The third-order valence-corrected chi connectivity index (χ3v) is 5.97. The van der Waals surface area contributed by atoms with E-state index in [1.54, 1.807) is 6.07 Å². The second-order valence-corrected chi connectivity index (χ2v) is 6.78. The number of thioether (sulfide) groups is 2. The van der Waals surface area contributed by atoms with Gasteiger partial charge in [0.2, 0.25) is 5.60 Å². The largest absolute Gasteiger partial charge is 0.423 e. The van der Waals surface area contributed by atoms with E-state index in [0.717, 1.165) is 6.42 Å². The third-order valence-electron chi connectivity index (χ3n) is 2.81. The highest BCUT2D eigenvalue weighted by Gasteiger charge is 2.60. The minimum atomic E-state index is -4.67. The number of hydrogen-bond donors (Lipinski definition) is 1. The van der Waals surface area contributed by atoms with Crippen molar-refractivity contribution in [1.29, 1.82) is 0 Å². The Morgan fingerprint density at radius 1 is 1.06 bits per heavy atom. The molecule has 1 N–H and O–H groups in total. The summed E-state index contributed by atoms with van der Waals surface area (Å²) < 4.78 is 39.0. The molecular formula is C12H13F3OS2. The highest BCUT2D eigenvalue weighted by atomic mass is 32.2. The topological polar surface area (TPSA) is 20.2 Å². The van der Waals surface area contributed by atoms with E-state index in [1.165, 1.54) is 47.8 Å². The number of aliphatic hydroxyl groups is 1. The summed E-state index contributed by atoms with van der Waals surface area (Å²) in [5.41, 5.74) is -2.85. The Kier molecular flexibility index (Phi) is 4.18. The molecule has 1 nitrogen and oxygen atoms in total. The first-order valence-electron chi connectivity index (χ1n) is 5.54. The number of alkyl halides is 3. The van der Waals surface area contributed by atoms with Crippen molar-refractivity contribution in [2.45, 2.75) is 22.8 Å². The smallest absolute Gasteiger partial charge is 0.375 e. The van der Waals surface area contributed by atoms with Crippen molar-refractivity contribution in [1.82, 2.24) is 0 Å². The van der Waals surface area contributed by atoms with Crippen LogP contribution in [-0.2, 0) is 5.60 Å². The Bertz CT molecular complexity index is 390. The molecule has 0 radical (unpaired) electrons. The maximum Gasteiger partial charge on any atom is 0.423 e. The lowest BCUT2D eigenvalue weighted by molar-refractivity contribution is -0.259. The predicted octanol–water partition coefficient (Wildman–Crippen LogP) is 3.63. The first-order chi connectivity index (χ1) is 8.46. The molecule has 1 fully saturated rings. The van der Waals surface area contributed by atoms with Gasteiger partial charge in [-0.15, -0.1) is 23.5 Å². The van der Waals surface area contributed by atoms with E-state index in [1.807, 2.05) is 0 Å². The fraction of sp³-hybridized carbons (Fsp3) is 0.500. The third kappa shape index (κ3) is 2.51. The number of rotatable bonds is 2. The summed E-state index contributed by atoms with van der Waals surface area (Å²) in [4.78, 5) is 0. The Hall–Kier alpha value is -0.330. The van der Waals surface area contributed by atoms with Crippen LogP contribution in [0.3, 0.4) is 0 Å². The van der Waals surface area contributed by atoms with Gasteiger partial charge in [0.15, 0.2) is 0 Å². The molecule has 0 amide bonds. The van der Waals surface area contributed by atoms with Gasteiger partial charge >= 0.3 is 6.18 Å². The molecule has 1 aromatic rings. The summed E-state index contributed by atoms with van der Waals surface area (Å²) in [5.74, 6) is 1.31. The van der Waals surface area contributed by atoms with Crippen LogP contribution in [0.1, 0.15) is 12.0 Å². The molecule has 0 spiro atoms. The molecule has 1 aliphatic heterocycles. The molecule has 0 saturated carbocycles. The first-order valence-corrected chi connectivity index (χ1v) is 7.64. The lowest BCUT2D eigenvalue weighted by atomic mass is 9.95. The predicted molar refractivity (Wildman–Crippen MR) is 69.7 cm³/mol. The van der Waals surface area contributed by atoms with Gasteiger partial charge in [-0.1, -0.05) is 30.3 Å². The van der Waals surface area contributed by atoms with Gasteiger partial charge in [-0.3, -0.25) is 0 Å². The molecular weight excluding hydrogens is 281 g/mol. The highest BCUT2D eigenvalue weighted by Crippen LogP contribution is 2.51. The van der Waals surface area contributed by atoms with Crippen LogP contribution in [0.2, 0.25) is 0 Å². The fourth-order valence-electron chi connectivity index (χ4n) is 1.85. The maximum atomic E-state index is 13.3. The molecule has 1 aliphatic rings. The van der Waals surface area contributed by atoms with Crippen molar-refractivity contribution in [2.24, 2.45) is 0 Å². The van der Waals surface area contributed by atoms with E-state index >= 15 is 0 Å². The number of benzene rings is 1. The van der Waals surface area contributed by atoms with Crippen molar-refractivity contribution in [3.63, 3.8) is 0 Å². The van der Waals surface area contributed by atoms with Crippen molar-refractivity contribution in [3.8, 4) is 0 Å². The minimum absolute atomic E-state index is 0.0793. The van der Waals surface area contributed by atoms with Crippen LogP contribution < -0.4 is 0 Å². The van der Waals surface area contributed by atoms with E-state index in [0.29, 0.717) is 11.5 Å². The molecule has 2 rings (SSSR count). The first kappa shape index (κ1) is 14.1. The molecule has 1 aromatic carbocycles. The summed E-state index contributed by atoms with van der Waals surface area (Å²) >= 11 is 2.37. The van der Waals surface area contributed by atoms with E-state index in [4.69, 9.17) is 0 Å². The summed E-state index contributed by atoms with van der Waals surface area (Å²) in [6.07, 6.45) is -3.79. The summed E-state index contributed by atoms with van der Waals surface area (Å²) in [6.45, 7) is 0. The normalized spacial score (nSPS) is 21.6. The Balaban J connectivity index is 2.40. The molecule has 1 saturated heterocycles. The van der Waals surface area contributed by atoms with Crippen LogP contribution >= 0.6 is 23.5 Å². The summed E-state index contributed by atoms with van der Waals surface area (Å²) in [7, 11) is 0. The molecule has 0 aromatic heterocycles. The van der Waals surface area contributed by atoms with Gasteiger partial charge in [0.1, 0.15) is 0 Å². The SMILES string of the molecule is OC(c1ccccc1)(C1SCCCS1)C(F)(F)F. The van der Waals surface area contributed by atoms with Crippen molar-refractivity contribution in [3.05, 3.63) is 35.9 Å². The zero-order valence-electron chi connectivity index (χ0n) is 9.48. The standard InChI is InChI=1S/C12H13F3OS2/c13-12(14,15)11(16,9-5-2-1-3-6-9)10-17-7-4-8-18-10/h1-3,5-6,10,16H,4,7-8H2. The van der Waals surface area contributed by atoms with E-state index < -0.39 is 16.4 Å². The monoisotopic (exact) mass is 294 g/mol. The van der Waals surface area contributed by atoms with Crippen LogP contribution in [0, 0.1) is 0 Å². The van der Waals surface area contributed by atoms with Gasteiger partial charge < -0.3 is 5.11 Å². The Morgan fingerprint density at radius 2 is 1.61 bits per heavy atom. The Labute approximate surface area is 112 Å². The van der Waals surface area contributed by atoms with Crippen molar-refractivity contribution in [2.75, 3.05) is 11.5 Å². The van der Waals surface area contributed by atoms with E-state index in [-0.39, 0.29) is 5.56 Å². The number of halogens is 3. The molecule has 1 unspecified atom stereocenters. The van der Waals surface area contributed by atoms with Gasteiger partial charge in [0, 0.05) is 0 Å². The average molecular weight is 294 g/mol. The van der Waals surface area contributed by atoms with Gasteiger partial charge in [-0.25, -0.2) is 0 Å². The van der Waals surface area contributed by atoms with Crippen molar-refractivity contribution < 1.29 is 18.3 Å². The maximum absolute atomic E-state index is 13.3. The van der Waals surface area contributed by atoms with Gasteiger partial charge in [0.25, 0.3) is 0 Å². The van der Waals surface area contributed by atoms with Gasteiger partial charge in [-0.2, -0.15) is 13.2 Å². The zero-order chi connectivity index (χ0) is 13.2. The lowest BCUT2D eigenvalue weighted by Gasteiger charge is -2.38. The van der Waals surface area contributed by atoms with E-state index in [9.17, 15) is 18.3 Å². The Morgan fingerprint density at radius 3 is 2.11 bits per heavy atom. The van der Waals surface area contributed by atoms with Crippen LogP contribution in [0.5, 0.6) is 0 Å². The molecule has 0 aliphatic carbocycles.